The van der Waals surface area contributed by atoms with Crippen LogP contribution in [0.15, 0.2) is 42.0 Å². The van der Waals surface area contributed by atoms with Crippen molar-refractivity contribution in [3.8, 4) is 0 Å². The van der Waals surface area contributed by atoms with E-state index in [1.54, 1.807) is 0 Å². The molecule has 1 N–H and O–H groups in total. The number of carboxylic acid groups (broad SMARTS) is 1. The molecule has 4 aliphatic carbocycles. The highest BCUT2D eigenvalue weighted by molar-refractivity contribution is 5.90. The molecule has 4 fully saturated rings. The molecule has 0 radical (unpaired) electrons. The zero-order valence-electron chi connectivity index (χ0n) is 24.2. The van der Waals surface area contributed by atoms with Crippen molar-refractivity contribution in [1.82, 2.24) is 4.90 Å². The van der Waals surface area contributed by atoms with Crippen molar-refractivity contribution >= 4 is 18.2 Å². The van der Waals surface area contributed by atoms with Crippen molar-refractivity contribution in [2.75, 3.05) is 19.7 Å². The number of fused-ring (bicyclic) bond motifs is 2. The lowest BCUT2D eigenvalue weighted by atomic mass is 9.43. The van der Waals surface area contributed by atoms with Gasteiger partial charge in [-0.05, 0) is 61.3 Å². The van der Waals surface area contributed by atoms with Gasteiger partial charge in [0, 0.05) is 12.0 Å². The van der Waals surface area contributed by atoms with Gasteiger partial charge in [-0.3, -0.25) is 9.59 Å². The van der Waals surface area contributed by atoms with Gasteiger partial charge in [0.05, 0.1) is 31.1 Å². The first-order valence-electron chi connectivity index (χ1n) is 15.1. The van der Waals surface area contributed by atoms with Crippen molar-refractivity contribution in [3.05, 3.63) is 47.5 Å². The Labute approximate surface area is 237 Å². The zero-order chi connectivity index (χ0) is 28.4. The number of hydrogen-bond acceptors (Lipinski definition) is 5. The number of carbonyl (C=O) groups excluding carboxylic acids is 2. The van der Waals surface area contributed by atoms with Gasteiger partial charge in [-0.2, -0.15) is 0 Å². The molecule has 5 unspecified atom stereocenters. The molecule has 1 aliphatic heterocycles. The molecule has 1 heterocycles. The summed E-state index contributed by atoms with van der Waals surface area (Å²) in [4.78, 5) is 41.8. The summed E-state index contributed by atoms with van der Waals surface area (Å²) in [5.41, 5.74) is -1.01. The van der Waals surface area contributed by atoms with E-state index < -0.39 is 28.5 Å². The fraction of sp³-hybridized carbons (Fsp3) is 0.667. The third-order valence-corrected chi connectivity index (χ3v) is 11.4. The third-order valence-electron chi connectivity index (χ3n) is 11.4. The molecule has 4 bridgehead atoms. The molecule has 40 heavy (non-hydrogen) atoms. The Morgan fingerprint density at radius 2 is 1.90 bits per heavy atom. The summed E-state index contributed by atoms with van der Waals surface area (Å²) in [6.45, 7) is 9.32. The van der Waals surface area contributed by atoms with Crippen molar-refractivity contribution < 1.29 is 29.0 Å². The number of ether oxygens (including phenoxy) is 2. The van der Waals surface area contributed by atoms with E-state index in [0.717, 1.165) is 36.7 Å². The number of allylic oxidation sites excluding steroid dienone is 1. The predicted octanol–water partition coefficient (Wildman–Crippen LogP) is 4.74. The summed E-state index contributed by atoms with van der Waals surface area (Å²) in [5, 5.41) is 11.2. The summed E-state index contributed by atoms with van der Waals surface area (Å²) >= 11 is 0. The summed E-state index contributed by atoms with van der Waals surface area (Å²) in [6, 6.07) is 9.71. The van der Waals surface area contributed by atoms with Crippen molar-refractivity contribution in [3.63, 3.8) is 0 Å². The second-order valence-corrected chi connectivity index (χ2v) is 13.6. The number of hydrogen-bond donors (Lipinski definition) is 1. The van der Waals surface area contributed by atoms with E-state index in [1.165, 1.54) is 0 Å². The average molecular weight is 550 g/mol. The van der Waals surface area contributed by atoms with Gasteiger partial charge in [-0.15, -0.1) is 0 Å². The number of benzene rings is 1. The molecule has 216 valence electrons. The minimum absolute atomic E-state index is 0.0209. The molecule has 1 saturated heterocycles. The van der Waals surface area contributed by atoms with E-state index in [1.807, 2.05) is 42.2 Å². The van der Waals surface area contributed by atoms with E-state index in [4.69, 9.17) is 9.47 Å². The number of carboxylic acids is 1. The van der Waals surface area contributed by atoms with E-state index in [9.17, 15) is 19.5 Å². The summed E-state index contributed by atoms with van der Waals surface area (Å²) < 4.78 is 12.8. The molecular weight excluding hydrogens is 506 g/mol. The molecule has 3 saturated carbocycles. The van der Waals surface area contributed by atoms with Gasteiger partial charge >= 0.3 is 5.97 Å². The quantitative estimate of drug-likeness (QED) is 0.372. The monoisotopic (exact) mass is 549 g/mol. The fourth-order valence-electron chi connectivity index (χ4n) is 9.96. The van der Waals surface area contributed by atoms with Crippen LogP contribution in [0.5, 0.6) is 0 Å². The van der Waals surface area contributed by atoms with E-state index in [-0.39, 0.29) is 36.4 Å². The smallest absolute Gasteiger partial charge is 0.315 e. The van der Waals surface area contributed by atoms with Crippen LogP contribution in [0.25, 0.3) is 0 Å². The molecule has 5 aliphatic rings. The molecular formula is C33H43NO6. The van der Waals surface area contributed by atoms with Crippen LogP contribution in [0, 0.1) is 45.8 Å². The van der Waals surface area contributed by atoms with Gasteiger partial charge in [-0.25, -0.2) is 0 Å². The molecule has 1 amide bonds. The number of carbonyl (C=O) groups is 3. The molecule has 9 atom stereocenters. The Bertz CT molecular complexity index is 1210. The van der Waals surface area contributed by atoms with Crippen LogP contribution >= 0.6 is 0 Å². The molecule has 0 spiro atoms. The molecule has 0 aromatic heterocycles. The Morgan fingerprint density at radius 3 is 2.58 bits per heavy atom. The van der Waals surface area contributed by atoms with Crippen LogP contribution in [0.4, 0.5) is 0 Å². The van der Waals surface area contributed by atoms with E-state index in [2.05, 4.69) is 26.8 Å². The van der Waals surface area contributed by atoms with Gasteiger partial charge < -0.3 is 24.3 Å². The Hall–Kier alpha value is -2.51. The maximum atomic E-state index is 13.6. The Balaban J connectivity index is 1.30. The number of rotatable bonds is 8. The summed E-state index contributed by atoms with van der Waals surface area (Å²) in [5.74, 6) is -0.00542. The lowest BCUT2D eigenvalue weighted by Gasteiger charge is -2.58. The second-order valence-electron chi connectivity index (χ2n) is 13.6. The largest absolute Gasteiger partial charge is 0.481 e. The number of nitrogens with zero attached hydrogens (tertiary/aromatic N) is 1. The van der Waals surface area contributed by atoms with E-state index in [0.29, 0.717) is 37.8 Å². The summed E-state index contributed by atoms with van der Waals surface area (Å²) in [6.07, 6.45) is 5.99. The van der Waals surface area contributed by atoms with Gasteiger partial charge in [0.15, 0.2) is 6.29 Å². The van der Waals surface area contributed by atoms with Crippen LogP contribution in [0.1, 0.15) is 58.9 Å². The average Bonchev–Trinajstić information content (AvgIpc) is 3.50. The number of morpholine rings is 1. The molecule has 1 aromatic carbocycles. The number of aldehydes is 1. The van der Waals surface area contributed by atoms with Gasteiger partial charge in [0.2, 0.25) is 5.91 Å². The minimum atomic E-state index is -1.27. The van der Waals surface area contributed by atoms with Crippen LogP contribution < -0.4 is 0 Å². The minimum Gasteiger partial charge on any atom is -0.481 e. The standard InChI is InChI=1S/C33H43NO6/c1-20(2)27-13-24-14-31(18-35)26-11-10-21(3)25(26)15-32(24,33(27,31)30(37)38)19-39-29-17-34(16-22(4)40-29)28(36)12-23-8-6-5-7-9-23/h5-9,13,18,20-22,24-26,29H,10-12,14-17,19H2,1-4H3,(H,37,38)/t21-,22-,24?,25?,26?,29-,31+,32?,33?/m1/s1. The highest BCUT2D eigenvalue weighted by atomic mass is 16.7. The first-order valence-corrected chi connectivity index (χ1v) is 15.1. The molecule has 1 aromatic rings. The van der Waals surface area contributed by atoms with Crippen LogP contribution in [0.3, 0.4) is 0 Å². The maximum Gasteiger partial charge on any atom is 0.315 e. The fourth-order valence-corrected chi connectivity index (χ4v) is 9.96. The number of aliphatic carboxylic acids is 1. The summed E-state index contributed by atoms with van der Waals surface area (Å²) in [7, 11) is 0. The molecule has 7 heteroatoms. The number of amides is 1. The van der Waals surface area contributed by atoms with Crippen LogP contribution in [0.2, 0.25) is 0 Å². The molecule has 7 nitrogen and oxygen atoms in total. The van der Waals surface area contributed by atoms with Gasteiger partial charge in [0.1, 0.15) is 11.7 Å². The van der Waals surface area contributed by atoms with Gasteiger partial charge in [0.25, 0.3) is 0 Å². The zero-order valence-corrected chi connectivity index (χ0v) is 24.2. The van der Waals surface area contributed by atoms with Crippen LogP contribution in [-0.4, -0.2) is 60.3 Å². The Kier molecular flexibility index (Phi) is 6.77. The van der Waals surface area contributed by atoms with Gasteiger partial charge in [-0.1, -0.05) is 69.2 Å². The topological polar surface area (TPSA) is 93.1 Å². The second kappa shape index (κ2) is 9.80. The first kappa shape index (κ1) is 27.6. The highest BCUT2D eigenvalue weighted by Crippen LogP contribution is 2.82. The Morgan fingerprint density at radius 1 is 1.15 bits per heavy atom. The third kappa shape index (κ3) is 3.65. The van der Waals surface area contributed by atoms with Crippen LogP contribution in [-0.2, 0) is 30.3 Å². The normalized spacial score (nSPS) is 41.6. The lowest BCUT2D eigenvalue weighted by Crippen LogP contribution is -2.64. The SMILES string of the molecule is CC(C)C1=CC2C[C@]3(C=O)C4CC[C@@H](C)C4CC2(CO[C@H]2CN(C(=O)Cc4ccccc4)C[C@@H](C)O2)C13C(=O)O. The van der Waals surface area contributed by atoms with E-state index >= 15 is 0 Å². The van der Waals surface area contributed by atoms with Crippen molar-refractivity contribution in [1.29, 1.82) is 0 Å². The van der Waals surface area contributed by atoms with Crippen molar-refractivity contribution in [2.24, 2.45) is 45.8 Å². The molecule has 6 rings (SSSR count). The van der Waals surface area contributed by atoms with Crippen molar-refractivity contribution in [2.45, 2.75) is 72.2 Å². The lowest BCUT2D eigenvalue weighted by molar-refractivity contribution is -0.235. The highest BCUT2D eigenvalue weighted by Gasteiger charge is 2.84. The maximum absolute atomic E-state index is 13.6. The first-order chi connectivity index (χ1) is 19.1. The predicted molar refractivity (Wildman–Crippen MR) is 149 cm³/mol.